The number of hydrogen-bond acceptors (Lipinski definition) is 7. The Morgan fingerprint density at radius 1 is 1.03 bits per heavy atom. The normalized spacial score (nSPS) is 15.3. The molecule has 3 aromatic carbocycles. The molecule has 1 aromatic heterocycles. The molecular formula is C25H18O7. The third-order valence-electron chi connectivity index (χ3n) is 5.64. The monoisotopic (exact) mass is 430 g/mol. The number of ether oxygens (including phenoxy) is 2. The van der Waals surface area contributed by atoms with Crippen molar-refractivity contribution >= 4 is 16.9 Å². The Morgan fingerprint density at radius 2 is 1.81 bits per heavy atom. The lowest BCUT2D eigenvalue weighted by molar-refractivity contribution is -0.135. The Hall–Kier alpha value is -4.26. The van der Waals surface area contributed by atoms with Crippen LogP contribution < -0.4 is 14.9 Å². The summed E-state index contributed by atoms with van der Waals surface area (Å²) in [6.45, 7) is 0. The Labute approximate surface area is 182 Å². The van der Waals surface area contributed by atoms with Crippen LogP contribution in [0.3, 0.4) is 0 Å². The third-order valence-corrected chi connectivity index (χ3v) is 5.64. The number of phenolic OH excluding ortho intramolecular Hbond substituents is 2. The van der Waals surface area contributed by atoms with E-state index in [1.807, 2.05) is 18.2 Å². The van der Waals surface area contributed by atoms with E-state index in [1.54, 1.807) is 25.3 Å². The van der Waals surface area contributed by atoms with Gasteiger partial charge in [-0.25, -0.2) is 0 Å². The Morgan fingerprint density at radius 3 is 2.56 bits per heavy atom. The van der Waals surface area contributed by atoms with Gasteiger partial charge in [-0.05, 0) is 35.4 Å². The topological polar surface area (TPSA) is 106 Å². The molecule has 0 bridgehead atoms. The van der Waals surface area contributed by atoms with Gasteiger partial charge in [0.05, 0.1) is 19.1 Å². The van der Waals surface area contributed by atoms with Gasteiger partial charge in [-0.15, -0.1) is 0 Å². The van der Waals surface area contributed by atoms with Gasteiger partial charge >= 0.3 is 5.97 Å². The van der Waals surface area contributed by atoms with Gasteiger partial charge in [-0.3, -0.25) is 9.59 Å². The van der Waals surface area contributed by atoms with Crippen molar-refractivity contribution in [1.82, 2.24) is 0 Å². The van der Waals surface area contributed by atoms with Crippen molar-refractivity contribution in [2.75, 3.05) is 7.11 Å². The summed E-state index contributed by atoms with van der Waals surface area (Å²) in [7, 11) is 1.56. The minimum Gasteiger partial charge on any atom is -0.508 e. The van der Waals surface area contributed by atoms with Crippen LogP contribution in [-0.4, -0.2) is 23.3 Å². The molecule has 1 aliphatic heterocycles. The summed E-state index contributed by atoms with van der Waals surface area (Å²) in [6.07, 6.45) is 1.36. The first-order valence-corrected chi connectivity index (χ1v) is 9.91. The average Bonchev–Trinajstić information content (AvgIpc) is 2.79. The van der Waals surface area contributed by atoms with Crippen molar-refractivity contribution < 1.29 is 28.9 Å². The van der Waals surface area contributed by atoms with Crippen LogP contribution in [0.15, 0.2) is 70.1 Å². The van der Waals surface area contributed by atoms with E-state index in [-0.39, 0.29) is 40.2 Å². The lowest BCUT2D eigenvalue weighted by atomic mass is 9.85. The van der Waals surface area contributed by atoms with Crippen LogP contribution in [0, 0.1) is 0 Å². The highest BCUT2D eigenvalue weighted by Crippen LogP contribution is 2.46. The maximum Gasteiger partial charge on any atom is 0.312 e. The molecule has 1 atom stereocenters. The van der Waals surface area contributed by atoms with E-state index >= 15 is 0 Å². The van der Waals surface area contributed by atoms with Crippen molar-refractivity contribution in [3.05, 3.63) is 82.2 Å². The standard InChI is InChI=1S/C25H18O7/c1-30-16-4-2-3-14(9-16)17-10-21(28)32-20-11-19(27)23-24(29)18(12-31-25(23)22(17)20)13-5-7-15(26)8-6-13/h2-9,11-12,17,26-27H,10H2,1H3/t17-/m0/s1. The van der Waals surface area contributed by atoms with Crippen LogP contribution in [-0.2, 0) is 4.79 Å². The quantitative estimate of drug-likeness (QED) is 0.368. The average molecular weight is 430 g/mol. The molecule has 0 unspecified atom stereocenters. The molecule has 7 heteroatoms. The fourth-order valence-corrected chi connectivity index (χ4v) is 4.12. The predicted octanol–water partition coefficient (Wildman–Crippen LogP) is 4.32. The molecule has 1 aliphatic rings. The molecule has 0 aliphatic carbocycles. The zero-order valence-electron chi connectivity index (χ0n) is 17.0. The van der Waals surface area contributed by atoms with Crippen molar-refractivity contribution in [3.63, 3.8) is 0 Å². The first-order valence-electron chi connectivity index (χ1n) is 9.91. The number of methoxy groups -OCH3 is 1. The molecule has 0 saturated heterocycles. The van der Waals surface area contributed by atoms with E-state index in [1.165, 1.54) is 24.5 Å². The third kappa shape index (κ3) is 3.15. The van der Waals surface area contributed by atoms with Gasteiger partial charge in [0, 0.05) is 17.5 Å². The van der Waals surface area contributed by atoms with Gasteiger partial charge in [0.1, 0.15) is 40.2 Å². The molecule has 0 spiro atoms. The summed E-state index contributed by atoms with van der Waals surface area (Å²) < 4.78 is 16.6. The number of carbonyl (C=O) groups excluding carboxylic acids is 1. The molecule has 2 N–H and O–H groups in total. The van der Waals surface area contributed by atoms with E-state index in [4.69, 9.17) is 13.9 Å². The summed E-state index contributed by atoms with van der Waals surface area (Å²) in [5.41, 5.74) is 1.80. The highest BCUT2D eigenvalue weighted by Gasteiger charge is 2.33. The number of benzene rings is 3. The van der Waals surface area contributed by atoms with Gasteiger partial charge in [-0.1, -0.05) is 24.3 Å². The zero-order valence-corrected chi connectivity index (χ0v) is 17.0. The van der Waals surface area contributed by atoms with Crippen LogP contribution in [0.25, 0.3) is 22.1 Å². The summed E-state index contributed by atoms with van der Waals surface area (Å²) >= 11 is 0. The summed E-state index contributed by atoms with van der Waals surface area (Å²) in [6, 6.07) is 14.7. The van der Waals surface area contributed by atoms with Crippen LogP contribution in [0.2, 0.25) is 0 Å². The molecule has 0 amide bonds. The fraction of sp³-hybridized carbons (Fsp3) is 0.120. The van der Waals surface area contributed by atoms with Gasteiger partial charge in [0.2, 0.25) is 5.43 Å². The Kier molecular flexibility index (Phi) is 4.59. The first kappa shape index (κ1) is 19.7. The van der Waals surface area contributed by atoms with E-state index in [9.17, 15) is 19.8 Å². The van der Waals surface area contributed by atoms with Gasteiger partial charge in [0.25, 0.3) is 0 Å². The Bertz CT molecular complexity index is 1420. The molecule has 0 saturated carbocycles. The minimum atomic E-state index is -0.452. The molecule has 0 radical (unpaired) electrons. The van der Waals surface area contributed by atoms with Crippen molar-refractivity contribution in [3.8, 4) is 34.1 Å². The minimum absolute atomic E-state index is 0.000157. The molecule has 4 aromatic rings. The number of fused-ring (bicyclic) bond motifs is 3. The van der Waals surface area contributed by atoms with Gasteiger partial charge < -0.3 is 24.1 Å². The highest BCUT2D eigenvalue weighted by molar-refractivity contribution is 5.94. The SMILES string of the molecule is COc1cccc([C@@H]2CC(=O)Oc3cc(O)c4c(=O)c(-c5ccc(O)cc5)coc4c32)c1. The van der Waals surface area contributed by atoms with E-state index in [2.05, 4.69) is 0 Å². The number of hydrogen-bond donors (Lipinski definition) is 2. The fourth-order valence-electron chi connectivity index (χ4n) is 4.12. The Balaban J connectivity index is 1.76. The molecule has 2 heterocycles. The van der Waals surface area contributed by atoms with E-state index in [0.29, 0.717) is 16.9 Å². The number of esters is 1. The van der Waals surface area contributed by atoms with Crippen molar-refractivity contribution in [2.45, 2.75) is 12.3 Å². The largest absolute Gasteiger partial charge is 0.508 e. The van der Waals surface area contributed by atoms with E-state index < -0.39 is 17.3 Å². The van der Waals surface area contributed by atoms with Crippen molar-refractivity contribution in [1.29, 1.82) is 0 Å². The summed E-state index contributed by atoms with van der Waals surface area (Å²) in [4.78, 5) is 25.6. The van der Waals surface area contributed by atoms with Crippen LogP contribution >= 0.6 is 0 Å². The lowest BCUT2D eigenvalue weighted by Gasteiger charge is -2.26. The molecule has 5 rings (SSSR count). The second-order valence-corrected chi connectivity index (χ2v) is 7.54. The van der Waals surface area contributed by atoms with Crippen LogP contribution in [0.1, 0.15) is 23.5 Å². The van der Waals surface area contributed by atoms with Crippen LogP contribution in [0.4, 0.5) is 0 Å². The summed E-state index contributed by atoms with van der Waals surface area (Å²) in [5.74, 6) is -0.396. The molecule has 0 fully saturated rings. The number of aromatic hydroxyl groups is 2. The second-order valence-electron chi connectivity index (χ2n) is 7.54. The molecule has 160 valence electrons. The van der Waals surface area contributed by atoms with Gasteiger partial charge in [-0.2, -0.15) is 0 Å². The lowest BCUT2D eigenvalue weighted by Crippen LogP contribution is -2.22. The molecule has 7 nitrogen and oxygen atoms in total. The smallest absolute Gasteiger partial charge is 0.312 e. The predicted molar refractivity (Wildman–Crippen MR) is 116 cm³/mol. The molecule has 32 heavy (non-hydrogen) atoms. The van der Waals surface area contributed by atoms with Crippen molar-refractivity contribution in [2.24, 2.45) is 0 Å². The van der Waals surface area contributed by atoms with E-state index in [0.717, 1.165) is 5.56 Å². The summed E-state index contributed by atoms with van der Waals surface area (Å²) in [5, 5.41) is 20.2. The number of carbonyl (C=O) groups is 1. The maximum absolute atomic E-state index is 13.3. The maximum atomic E-state index is 13.3. The first-order chi connectivity index (χ1) is 15.5. The second kappa shape index (κ2) is 7.46. The zero-order chi connectivity index (χ0) is 22.4. The van der Waals surface area contributed by atoms with Gasteiger partial charge in [0.15, 0.2) is 0 Å². The van der Waals surface area contributed by atoms with Crippen LogP contribution in [0.5, 0.6) is 23.0 Å². The molecular weight excluding hydrogens is 412 g/mol. The number of rotatable bonds is 3. The highest BCUT2D eigenvalue weighted by atomic mass is 16.5. The number of phenols is 2.